The predicted octanol–water partition coefficient (Wildman–Crippen LogP) is -0.784. The van der Waals surface area contributed by atoms with Crippen molar-refractivity contribution in [3.05, 3.63) is 0 Å². The maximum absolute atomic E-state index is 12.5. The van der Waals surface area contributed by atoms with Gasteiger partial charge in [-0.3, -0.25) is 4.79 Å². The third-order valence-electron chi connectivity index (χ3n) is 2.99. The van der Waals surface area contributed by atoms with Crippen LogP contribution in [0.2, 0.25) is 0 Å². The lowest BCUT2D eigenvalue weighted by Gasteiger charge is -2.35. The summed E-state index contributed by atoms with van der Waals surface area (Å²) >= 11 is 4.75. The van der Waals surface area contributed by atoms with Gasteiger partial charge in [0, 0.05) is 12.6 Å². The van der Waals surface area contributed by atoms with Crippen molar-refractivity contribution in [2.75, 3.05) is 19.8 Å². The standard InChI is InChI=1S/C11H21N3O4S2/c1-7(2)13-11(15)9-6-18-5-4-14(9)20(16,17)8(3)10(12)19/h7-9H,4-6H2,1-3H3,(H2,12,19)(H,13,15). The van der Waals surface area contributed by atoms with Crippen LogP contribution in [0, 0.1) is 0 Å². The molecule has 1 fully saturated rings. The number of nitrogens with one attached hydrogen (secondary N) is 1. The number of ether oxygens (including phenoxy) is 1. The zero-order valence-corrected chi connectivity index (χ0v) is 13.5. The van der Waals surface area contributed by atoms with Gasteiger partial charge in [0.2, 0.25) is 15.9 Å². The number of carbonyl (C=O) groups is 1. The summed E-state index contributed by atoms with van der Waals surface area (Å²) in [5.41, 5.74) is 5.42. The molecule has 1 rings (SSSR count). The van der Waals surface area contributed by atoms with Gasteiger partial charge in [0.1, 0.15) is 11.3 Å². The van der Waals surface area contributed by atoms with E-state index < -0.39 is 21.3 Å². The summed E-state index contributed by atoms with van der Waals surface area (Å²) in [6.45, 7) is 5.42. The summed E-state index contributed by atoms with van der Waals surface area (Å²) < 4.78 is 31.3. The van der Waals surface area contributed by atoms with Crippen molar-refractivity contribution in [1.82, 2.24) is 9.62 Å². The maximum Gasteiger partial charge on any atom is 0.241 e. The van der Waals surface area contributed by atoms with Gasteiger partial charge >= 0.3 is 0 Å². The number of hydrogen-bond donors (Lipinski definition) is 2. The van der Waals surface area contributed by atoms with Gasteiger partial charge in [-0.25, -0.2) is 8.42 Å². The van der Waals surface area contributed by atoms with Gasteiger partial charge in [0.25, 0.3) is 0 Å². The fraction of sp³-hybridized carbons (Fsp3) is 0.818. The highest BCUT2D eigenvalue weighted by molar-refractivity contribution is 7.92. The maximum atomic E-state index is 12.5. The summed E-state index contributed by atoms with van der Waals surface area (Å²) in [4.78, 5) is 12.0. The van der Waals surface area contributed by atoms with E-state index in [0.717, 1.165) is 4.31 Å². The lowest BCUT2D eigenvalue weighted by molar-refractivity contribution is -0.129. The first kappa shape index (κ1) is 17.3. The molecule has 7 nitrogen and oxygen atoms in total. The fourth-order valence-electron chi connectivity index (χ4n) is 1.83. The van der Waals surface area contributed by atoms with Gasteiger partial charge in [-0.15, -0.1) is 0 Å². The Morgan fingerprint density at radius 3 is 2.55 bits per heavy atom. The molecular weight excluding hydrogens is 302 g/mol. The first-order chi connectivity index (χ1) is 9.17. The molecule has 3 N–H and O–H groups in total. The van der Waals surface area contributed by atoms with Crippen molar-refractivity contribution in [1.29, 1.82) is 0 Å². The number of carbonyl (C=O) groups excluding carboxylic acids is 1. The van der Waals surface area contributed by atoms with Crippen LogP contribution in [0.1, 0.15) is 20.8 Å². The van der Waals surface area contributed by atoms with E-state index in [0.29, 0.717) is 0 Å². The molecule has 1 heterocycles. The molecule has 0 aromatic rings. The van der Waals surface area contributed by atoms with Crippen LogP contribution in [0.4, 0.5) is 0 Å². The molecule has 2 atom stereocenters. The van der Waals surface area contributed by atoms with Crippen molar-refractivity contribution >= 4 is 33.1 Å². The second kappa shape index (κ2) is 6.79. The second-order valence-electron chi connectivity index (χ2n) is 4.95. The van der Waals surface area contributed by atoms with Crippen LogP contribution < -0.4 is 11.1 Å². The number of nitrogens with two attached hydrogens (primary N) is 1. The van der Waals surface area contributed by atoms with Crippen LogP contribution in [-0.2, 0) is 19.6 Å². The van der Waals surface area contributed by atoms with Crippen molar-refractivity contribution in [3.8, 4) is 0 Å². The molecule has 0 aromatic heterocycles. The second-order valence-corrected chi connectivity index (χ2v) is 7.63. The lowest BCUT2D eigenvalue weighted by atomic mass is 10.2. The monoisotopic (exact) mass is 323 g/mol. The van der Waals surface area contributed by atoms with Gasteiger partial charge in [-0.1, -0.05) is 12.2 Å². The number of sulfonamides is 1. The van der Waals surface area contributed by atoms with E-state index in [1.54, 1.807) is 13.8 Å². The lowest BCUT2D eigenvalue weighted by Crippen LogP contribution is -2.59. The van der Waals surface area contributed by atoms with E-state index >= 15 is 0 Å². The Bertz CT molecular complexity index is 478. The molecule has 2 unspecified atom stereocenters. The molecule has 116 valence electrons. The summed E-state index contributed by atoms with van der Waals surface area (Å²) in [5.74, 6) is -0.376. The van der Waals surface area contributed by atoms with Crippen LogP contribution in [0.3, 0.4) is 0 Å². The third-order valence-corrected chi connectivity index (χ3v) is 5.73. The van der Waals surface area contributed by atoms with Gasteiger partial charge < -0.3 is 15.8 Å². The smallest absolute Gasteiger partial charge is 0.241 e. The molecule has 0 saturated carbocycles. The zero-order chi connectivity index (χ0) is 15.5. The quantitative estimate of drug-likeness (QED) is 0.643. The molecular formula is C11H21N3O4S2. The molecule has 1 aliphatic heterocycles. The normalized spacial score (nSPS) is 22.5. The van der Waals surface area contributed by atoms with Crippen molar-refractivity contribution in [2.45, 2.75) is 38.1 Å². The van der Waals surface area contributed by atoms with Crippen molar-refractivity contribution < 1.29 is 17.9 Å². The van der Waals surface area contributed by atoms with Gasteiger partial charge in [0.05, 0.1) is 18.2 Å². The first-order valence-electron chi connectivity index (χ1n) is 6.36. The van der Waals surface area contributed by atoms with Gasteiger partial charge in [-0.05, 0) is 20.8 Å². The van der Waals surface area contributed by atoms with Crippen LogP contribution in [-0.4, -0.2) is 60.7 Å². The third kappa shape index (κ3) is 3.87. The zero-order valence-electron chi connectivity index (χ0n) is 11.8. The number of thiocarbonyl (C=S) groups is 1. The van der Waals surface area contributed by atoms with E-state index in [2.05, 4.69) is 5.32 Å². The predicted molar refractivity (Wildman–Crippen MR) is 79.8 cm³/mol. The number of rotatable bonds is 5. The molecule has 20 heavy (non-hydrogen) atoms. The highest BCUT2D eigenvalue weighted by Gasteiger charge is 2.40. The fourth-order valence-corrected chi connectivity index (χ4v) is 3.73. The SMILES string of the molecule is CC(C)NC(=O)C1COCCN1S(=O)(=O)C(C)C(N)=S. The Hall–Kier alpha value is -0.770. The largest absolute Gasteiger partial charge is 0.392 e. The van der Waals surface area contributed by atoms with E-state index in [-0.39, 0.29) is 36.7 Å². The molecule has 1 amide bonds. The molecule has 9 heteroatoms. The molecule has 0 spiro atoms. The van der Waals surface area contributed by atoms with E-state index in [4.69, 9.17) is 22.7 Å². The van der Waals surface area contributed by atoms with E-state index in [1.807, 2.05) is 0 Å². The molecule has 0 radical (unpaired) electrons. The van der Waals surface area contributed by atoms with Crippen molar-refractivity contribution in [2.24, 2.45) is 5.73 Å². The van der Waals surface area contributed by atoms with Crippen LogP contribution in [0.5, 0.6) is 0 Å². The topological polar surface area (TPSA) is 102 Å². The minimum atomic E-state index is -3.76. The number of morpholine rings is 1. The molecule has 0 aromatic carbocycles. The molecule has 0 aliphatic carbocycles. The number of nitrogens with zero attached hydrogens (tertiary/aromatic N) is 1. The summed E-state index contributed by atoms with van der Waals surface area (Å²) in [6, 6.07) is -0.963. The Morgan fingerprint density at radius 1 is 1.45 bits per heavy atom. The highest BCUT2D eigenvalue weighted by Crippen LogP contribution is 2.17. The van der Waals surface area contributed by atoms with Crippen LogP contribution in [0.25, 0.3) is 0 Å². The Labute approximate surface area is 124 Å². The average Bonchev–Trinajstić information content (AvgIpc) is 2.36. The Kier molecular flexibility index (Phi) is 5.87. The summed E-state index contributed by atoms with van der Waals surface area (Å²) in [7, 11) is -3.76. The molecule has 1 saturated heterocycles. The Morgan fingerprint density at radius 2 is 2.05 bits per heavy atom. The number of hydrogen-bond acceptors (Lipinski definition) is 5. The Balaban J connectivity index is 3.00. The minimum Gasteiger partial charge on any atom is -0.392 e. The average molecular weight is 323 g/mol. The first-order valence-corrected chi connectivity index (χ1v) is 8.27. The minimum absolute atomic E-state index is 0.0296. The summed E-state index contributed by atoms with van der Waals surface area (Å²) in [6.07, 6.45) is 0. The van der Waals surface area contributed by atoms with Crippen molar-refractivity contribution in [3.63, 3.8) is 0 Å². The molecule has 0 bridgehead atoms. The molecule has 1 aliphatic rings. The van der Waals surface area contributed by atoms with Crippen LogP contribution >= 0.6 is 12.2 Å². The van der Waals surface area contributed by atoms with Gasteiger partial charge in [-0.2, -0.15) is 4.31 Å². The van der Waals surface area contributed by atoms with E-state index in [9.17, 15) is 13.2 Å². The van der Waals surface area contributed by atoms with Gasteiger partial charge in [0.15, 0.2) is 0 Å². The number of amides is 1. The highest BCUT2D eigenvalue weighted by atomic mass is 32.2. The summed E-state index contributed by atoms with van der Waals surface area (Å²) in [5, 5.41) is 1.68. The van der Waals surface area contributed by atoms with Crippen LogP contribution in [0.15, 0.2) is 0 Å². The van der Waals surface area contributed by atoms with E-state index in [1.165, 1.54) is 6.92 Å².